The summed E-state index contributed by atoms with van der Waals surface area (Å²) in [6.45, 7) is 9.67. The largest absolute Gasteiger partial charge is 0.457 e. The highest BCUT2D eigenvalue weighted by Gasteiger charge is 2.62. The molecule has 0 aromatic heterocycles. The Labute approximate surface area is 333 Å². The minimum Gasteiger partial charge on any atom is -0.457 e. The van der Waals surface area contributed by atoms with Gasteiger partial charge in [0.15, 0.2) is 0 Å². The van der Waals surface area contributed by atoms with Crippen molar-refractivity contribution in [2.45, 2.75) is 88.9 Å². The lowest BCUT2D eigenvalue weighted by Crippen LogP contribution is -2.57. The summed E-state index contributed by atoms with van der Waals surface area (Å²) >= 11 is 0. The molecule has 5 aliphatic carbocycles. The Kier molecular flexibility index (Phi) is 7.61. The van der Waals surface area contributed by atoms with Crippen LogP contribution in [0.15, 0.2) is 140 Å². The molecule has 0 amide bonds. The van der Waals surface area contributed by atoms with Crippen LogP contribution >= 0.6 is 0 Å². The number of rotatable bonds is 5. The molecule has 0 N–H and O–H groups in total. The zero-order chi connectivity index (χ0) is 37.8. The molecule has 0 atom stereocenters. The van der Waals surface area contributed by atoms with Crippen molar-refractivity contribution in [1.29, 1.82) is 0 Å². The van der Waals surface area contributed by atoms with Crippen molar-refractivity contribution in [2.75, 3.05) is 4.90 Å². The molecular formula is C54H53NO. The zero-order valence-electron chi connectivity index (χ0n) is 33.4. The van der Waals surface area contributed by atoms with Crippen molar-refractivity contribution >= 4 is 17.1 Å². The van der Waals surface area contributed by atoms with Gasteiger partial charge in [-0.1, -0.05) is 125 Å². The molecule has 4 fully saturated rings. The minimum absolute atomic E-state index is 0.0694. The van der Waals surface area contributed by atoms with E-state index in [0.717, 1.165) is 23.3 Å². The van der Waals surface area contributed by atoms with Crippen LogP contribution in [0.1, 0.15) is 94.9 Å². The molecule has 280 valence electrons. The number of hydrogen-bond donors (Lipinski definition) is 0. The zero-order valence-corrected chi connectivity index (χ0v) is 33.4. The predicted octanol–water partition coefficient (Wildman–Crippen LogP) is 14.7. The second-order valence-electron chi connectivity index (χ2n) is 19.2. The van der Waals surface area contributed by atoms with Crippen LogP contribution in [0.4, 0.5) is 17.1 Å². The first-order valence-electron chi connectivity index (χ1n) is 21.3. The summed E-state index contributed by atoms with van der Waals surface area (Å²) < 4.78 is 6.97. The van der Waals surface area contributed by atoms with Gasteiger partial charge in [-0.05, 0) is 155 Å². The first-order chi connectivity index (χ1) is 27.2. The molecule has 2 heteroatoms. The van der Waals surface area contributed by atoms with Crippen molar-refractivity contribution in [1.82, 2.24) is 0 Å². The smallest absolute Gasteiger partial charge is 0.133 e. The van der Waals surface area contributed by atoms with Crippen LogP contribution in [0.25, 0.3) is 22.3 Å². The lowest BCUT2D eigenvalue weighted by Gasteiger charge is -2.63. The molecule has 6 aromatic carbocycles. The third-order valence-electron chi connectivity index (χ3n) is 15.2. The summed E-state index contributed by atoms with van der Waals surface area (Å²) in [5.74, 6) is 5.06. The number of hydrogen-bond acceptors (Lipinski definition) is 2. The van der Waals surface area contributed by atoms with E-state index in [1.807, 2.05) is 0 Å². The fraction of sp³-hybridized carbons (Fsp3) is 0.333. The van der Waals surface area contributed by atoms with Gasteiger partial charge in [-0.2, -0.15) is 0 Å². The third-order valence-corrected chi connectivity index (χ3v) is 15.2. The number of nitrogens with zero attached hydrogens (tertiary/aromatic N) is 1. The van der Waals surface area contributed by atoms with Gasteiger partial charge in [0.1, 0.15) is 11.5 Å². The van der Waals surface area contributed by atoms with Gasteiger partial charge in [0.25, 0.3) is 0 Å². The highest BCUT2D eigenvalue weighted by Crippen LogP contribution is 2.70. The van der Waals surface area contributed by atoms with Gasteiger partial charge < -0.3 is 9.64 Å². The maximum Gasteiger partial charge on any atom is 0.133 e. The summed E-state index contributed by atoms with van der Waals surface area (Å²) in [6.07, 6.45) is 9.17. The maximum absolute atomic E-state index is 6.97. The fourth-order valence-electron chi connectivity index (χ4n) is 12.6. The molecule has 1 heterocycles. The summed E-state index contributed by atoms with van der Waals surface area (Å²) in [5, 5.41) is 0. The monoisotopic (exact) mass is 731 g/mol. The van der Waals surface area contributed by atoms with Gasteiger partial charge in [-0.25, -0.2) is 0 Å². The van der Waals surface area contributed by atoms with E-state index in [0.29, 0.717) is 11.8 Å². The minimum atomic E-state index is -0.0694. The number of ether oxygens (including phenoxy) is 1. The molecule has 6 aromatic rings. The van der Waals surface area contributed by atoms with Gasteiger partial charge in [0.05, 0.1) is 5.69 Å². The van der Waals surface area contributed by atoms with Crippen LogP contribution in [-0.4, -0.2) is 0 Å². The Hall–Kier alpha value is -5.08. The molecule has 1 aliphatic heterocycles. The third kappa shape index (κ3) is 5.13. The molecule has 4 saturated carbocycles. The second kappa shape index (κ2) is 12.5. The summed E-state index contributed by atoms with van der Waals surface area (Å²) in [7, 11) is 0. The van der Waals surface area contributed by atoms with Gasteiger partial charge in [0.2, 0.25) is 0 Å². The Morgan fingerprint density at radius 1 is 0.464 bits per heavy atom. The van der Waals surface area contributed by atoms with E-state index >= 15 is 0 Å². The van der Waals surface area contributed by atoms with Crippen molar-refractivity contribution in [3.05, 3.63) is 162 Å². The van der Waals surface area contributed by atoms with Crippen LogP contribution in [-0.2, 0) is 16.2 Å². The van der Waals surface area contributed by atoms with E-state index in [1.54, 1.807) is 0 Å². The SMILES string of the molecule is CC1(C)CCC(C)(C)c2cc(-c3ccc(N(c4ccc(-c5ccccc5)cc4)c4cccc5c4C4(c6ccccc6O5)C5CC6CC(C5)CC4C6)cc3)ccc21. The molecule has 0 unspecified atom stereocenters. The Bertz CT molecular complexity index is 2430. The topological polar surface area (TPSA) is 12.5 Å². The van der Waals surface area contributed by atoms with Gasteiger partial charge >= 0.3 is 0 Å². The van der Waals surface area contributed by atoms with Crippen molar-refractivity contribution in [2.24, 2.45) is 23.7 Å². The Balaban J connectivity index is 1.08. The van der Waals surface area contributed by atoms with E-state index in [-0.39, 0.29) is 16.2 Å². The fourth-order valence-corrected chi connectivity index (χ4v) is 12.6. The van der Waals surface area contributed by atoms with Crippen LogP contribution in [0, 0.1) is 23.7 Å². The lowest BCUT2D eigenvalue weighted by molar-refractivity contribution is -0.0449. The van der Waals surface area contributed by atoms with E-state index in [9.17, 15) is 0 Å². The number of benzene rings is 6. The predicted molar refractivity (Wildman–Crippen MR) is 232 cm³/mol. The molecule has 56 heavy (non-hydrogen) atoms. The van der Waals surface area contributed by atoms with Crippen molar-refractivity contribution in [3.8, 4) is 33.8 Å². The van der Waals surface area contributed by atoms with E-state index in [2.05, 4.69) is 172 Å². The Morgan fingerprint density at radius 2 is 1.00 bits per heavy atom. The van der Waals surface area contributed by atoms with Crippen molar-refractivity contribution < 1.29 is 4.74 Å². The van der Waals surface area contributed by atoms with Gasteiger partial charge in [0, 0.05) is 27.9 Å². The van der Waals surface area contributed by atoms with Crippen molar-refractivity contribution in [3.63, 3.8) is 0 Å². The molecule has 6 aliphatic rings. The maximum atomic E-state index is 6.97. The average Bonchev–Trinajstić information content (AvgIpc) is 3.22. The molecule has 0 saturated heterocycles. The van der Waals surface area contributed by atoms with Gasteiger partial charge in [-0.3, -0.25) is 0 Å². The normalized spacial score (nSPS) is 25.9. The van der Waals surface area contributed by atoms with E-state index < -0.39 is 0 Å². The molecule has 1 spiro atoms. The average molecular weight is 732 g/mol. The van der Waals surface area contributed by atoms with Crippen LogP contribution < -0.4 is 9.64 Å². The highest BCUT2D eigenvalue weighted by molar-refractivity contribution is 5.84. The number of para-hydroxylation sites is 1. The molecule has 4 bridgehead atoms. The van der Waals surface area contributed by atoms with Gasteiger partial charge in [-0.15, -0.1) is 0 Å². The van der Waals surface area contributed by atoms with Crippen LogP contribution in [0.5, 0.6) is 11.5 Å². The Morgan fingerprint density at radius 3 is 1.66 bits per heavy atom. The van der Waals surface area contributed by atoms with E-state index in [4.69, 9.17) is 4.74 Å². The molecule has 2 nitrogen and oxygen atoms in total. The standard InChI is InChI=1S/C54H53NO/c1-52(2)27-28-53(3,4)47-34-40(21-26-45(47)52)39-19-24-44(25-20-39)55(43-22-17-38(18-23-43)37-11-6-5-7-12-37)48-14-10-16-50-51(48)54(46-13-8-9-15-49(46)56-50)41-30-35-29-36(32-41)33-42(54)31-35/h5-26,34-36,41-42H,27-33H2,1-4H3. The number of fused-ring (bicyclic) bond motifs is 3. The molecule has 0 radical (unpaired) electrons. The highest BCUT2D eigenvalue weighted by atomic mass is 16.5. The van der Waals surface area contributed by atoms with Crippen LogP contribution in [0.3, 0.4) is 0 Å². The first kappa shape index (κ1) is 34.2. The second-order valence-corrected chi connectivity index (χ2v) is 19.2. The summed E-state index contributed by atoms with van der Waals surface area (Å²) in [6, 6.07) is 52.6. The quantitative estimate of drug-likeness (QED) is 0.175. The summed E-state index contributed by atoms with van der Waals surface area (Å²) in [4.78, 5) is 2.54. The lowest BCUT2D eigenvalue weighted by atomic mass is 9.41. The summed E-state index contributed by atoms with van der Waals surface area (Å²) in [5.41, 5.74) is 14.8. The van der Waals surface area contributed by atoms with Crippen LogP contribution in [0.2, 0.25) is 0 Å². The molecular weight excluding hydrogens is 679 g/mol. The molecule has 12 rings (SSSR count). The first-order valence-corrected chi connectivity index (χ1v) is 21.3. The number of anilines is 3. The van der Waals surface area contributed by atoms with E-state index in [1.165, 1.54) is 107 Å².